The molecule has 2 rings (SSSR count). The van der Waals surface area contributed by atoms with E-state index in [1.165, 1.54) is 6.92 Å². The van der Waals surface area contributed by atoms with Crippen molar-refractivity contribution in [3.8, 4) is 0 Å². The molecule has 0 radical (unpaired) electrons. The average molecular weight is 297 g/mol. The van der Waals surface area contributed by atoms with Gasteiger partial charge in [0.15, 0.2) is 0 Å². The van der Waals surface area contributed by atoms with Crippen molar-refractivity contribution in [2.75, 3.05) is 0 Å². The van der Waals surface area contributed by atoms with Gasteiger partial charge in [0.05, 0.1) is 5.56 Å². The molecule has 0 amide bonds. The van der Waals surface area contributed by atoms with Crippen molar-refractivity contribution < 1.29 is 13.9 Å². The predicted molar refractivity (Wildman–Crippen MR) is 65.7 cm³/mol. The number of fused-ring (bicyclic) bond motifs is 1. The molecule has 0 atom stereocenters. The molecule has 4 nitrogen and oxygen atoms in total. The van der Waals surface area contributed by atoms with E-state index in [1.54, 1.807) is 18.2 Å². The SMILES string of the molecule is CC(=O)OCc1cc2cc(Br)ccc2oc1=O. The molecule has 0 bridgehead atoms. The first kappa shape index (κ1) is 11.9. The van der Waals surface area contributed by atoms with Crippen molar-refractivity contribution in [3.63, 3.8) is 0 Å². The first-order valence-electron chi connectivity index (χ1n) is 4.92. The first-order chi connectivity index (χ1) is 8.06. The maximum atomic E-state index is 11.6. The van der Waals surface area contributed by atoms with Gasteiger partial charge in [0.2, 0.25) is 0 Å². The molecule has 17 heavy (non-hydrogen) atoms. The van der Waals surface area contributed by atoms with Gasteiger partial charge >= 0.3 is 11.6 Å². The lowest BCUT2D eigenvalue weighted by molar-refractivity contribution is -0.142. The fraction of sp³-hybridized carbons (Fsp3) is 0.167. The Morgan fingerprint density at radius 2 is 2.18 bits per heavy atom. The second kappa shape index (κ2) is 4.71. The van der Waals surface area contributed by atoms with Crippen molar-refractivity contribution in [2.45, 2.75) is 13.5 Å². The number of benzene rings is 1. The van der Waals surface area contributed by atoms with E-state index < -0.39 is 11.6 Å². The van der Waals surface area contributed by atoms with Gasteiger partial charge in [-0.25, -0.2) is 4.79 Å². The maximum Gasteiger partial charge on any atom is 0.342 e. The highest BCUT2D eigenvalue weighted by molar-refractivity contribution is 9.10. The molecular weight excluding hydrogens is 288 g/mol. The van der Waals surface area contributed by atoms with Crippen LogP contribution in [0.15, 0.2) is 37.9 Å². The van der Waals surface area contributed by atoms with Gasteiger partial charge in [-0.05, 0) is 24.3 Å². The number of rotatable bonds is 2. The van der Waals surface area contributed by atoms with Gasteiger partial charge < -0.3 is 9.15 Å². The van der Waals surface area contributed by atoms with E-state index in [9.17, 15) is 9.59 Å². The molecule has 0 aliphatic carbocycles. The molecule has 0 saturated heterocycles. The van der Waals surface area contributed by atoms with E-state index >= 15 is 0 Å². The minimum absolute atomic E-state index is 0.0693. The van der Waals surface area contributed by atoms with E-state index in [0.717, 1.165) is 9.86 Å². The lowest BCUT2D eigenvalue weighted by Gasteiger charge is -2.02. The van der Waals surface area contributed by atoms with Crippen LogP contribution >= 0.6 is 15.9 Å². The summed E-state index contributed by atoms with van der Waals surface area (Å²) in [6.45, 7) is 1.22. The number of carbonyl (C=O) groups excluding carboxylic acids is 1. The van der Waals surface area contributed by atoms with Crippen LogP contribution in [0.5, 0.6) is 0 Å². The summed E-state index contributed by atoms with van der Waals surface area (Å²) in [5, 5.41) is 0.779. The standard InChI is InChI=1S/C12H9BrO4/c1-7(14)16-6-9-4-8-5-10(13)2-3-11(8)17-12(9)15/h2-5H,6H2,1H3. The summed E-state index contributed by atoms with van der Waals surface area (Å²) < 4.78 is 10.8. The molecular formula is C12H9BrO4. The third-order valence-corrected chi connectivity index (χ3v) is 2.69. The van der Waals surface area contributed by atoms with E-state index in [1.807, 2.05) is 6.07 Å². The summed E-state index contributed by atoms with van der Waals surface area (Å²) in [4.78, 5) is 22.2. The second-order valence-corrected chi connectivity index (χ2v) is 4.44. The minimum atomic E-state index is -0.485. The van der Waals surface area contributed by atoms with Gasteiger partial charge in [-0.2, -0.15) is 0 Å². The Morgan fingerprint density at radius 3 is 2.88 bits per heavy atom. The molecule has 0 aliphatic heterocycles. The van der Waals surface area contributed by atoms with Crippen molar-refractivity contribution in [3.05, 3.63) is 44.7 Å². The van der Waals surface area contributed by atoms with Gasteiger partial charge in [0, 0.05) is 16.8 Å². The monoisotopic (exact) mass is 296 g/mol. The summed E-state index contributed by atoms with van der Waals surface area (Å²) in [6.07, 6.45) is 0. The summed E-state index contributed by atoms with van der Waals surface area (Å²) in [5.41, 5.74) is 0.344. The largest absolute Gasteiger partial charge is 0.461 e. The zero-order valence-electron chi connectivity index (χ0n) is 9.03. The number of hydrogen-bond donors (Lipinski definition) is 0. The molecule has 0 saturated carbocycles. The van der Waals surface area contributed by atoms with Crippen LogP contribution in [0.3, 0.4) is 0 Å². The van der Waals surface area contributed by atoms with Crippen LogP contribution in [0.25, 0.3) is 11.0 Å². The normalized spacial score (nSPS) is 10.5. The summed E-state index contributed by atoms with van der Waals surface area (Å²) in [6, 6.07) is 6.98. The number of esters is 1. The van der Waals surface area contributed by atoms with Crippen molar-refractivity contribution in [1.29, 1.82) is 0 Å². The van der Waals surface area contributed by atoms with Crippen molar-refractivity contribution >= 4 is 32.9 Å². The quantitative estimate of drug-likeness (QED) is 0.631. The summed E-state index contributed by atoms with van der Waals surface area (Å²) in [5.74, 6) is -0.432. The highest BCUT2D eigenvalue weighted by Crippen LogP contribution is 2.19. The molecule has 5 heteroatoms. The van der Waals surface area contributed by atoms with Crippen molar-refractivity contribution in [2.24, 2.45) is 0 Å². The lowest BCUT2D eigenvalue weighted by Crippen LogP contribution is -2.10. The van der Waals surface area contributed by atoms with Crippen LogP contribution in [0, 0.1) is 0 Å². The Kier molecular flexibility index (Phi) is 3.28. The number of hydrogen-bond acceptors (Lipinski definition) is 4. The van der Waals surface area contributed by atoms with Crippen LogP contribution in [-0.2, 0) is 16.1 Å². The lowest BCUT2D eigenvalue weighted by atomic mass is 10.2. The van der Waals surface area contributed by atoms with Crippen molar-refractivity contribution in [1.82, 2.24) is 0 Å². The van der Waals surface area contributed by atoms with Crippen LogP contribution in [0.4, 0.5) is 0 Å². The van der Waals surface area contributed by atoms with Gasteiger partial charge in [-0.1, -0.05) is 15.9 Å². The number of ether oxygens (including phenoxy) is 1. The molecule has 0 spiro atoms. The topological polar surface area (TPSA) is 56.5 Å². The Hall–Kier alpha value is -1.62. The van der Waals surface area contributed by atoms with E-state index in [4.69, 9.17) is 9.15 Å². The van der Waals surface area contributed by atoms with E-state index in [0.29, 0.717) is 11.1 Å². The molecule has 0 aliphatic rings. The first-order valence-corrected chi connectivity index (χ1v) is 5.71. The van der Waals surface area contributed by atoms with Gasteiger partial charge in [-0.15, -0.1) is 0 Å². The second-order valence-electron chi connectivity index (χ2n) is 3.52. The highest BCUT2D eigenvalue weighted by Gasteiger charge is 2.07. The van der Waals surface area contributed by atoms with Crippen LogP contribution in [-0.4, -0.2) is 5.97 Å². The third kappa shape index (κ3) is 2.74. The smallest absolute Gasteiger partial charge is 0.342 e. The summed E-state index contributed by atoms with van der Waals surface area (Å²) in [7, 11) is 0. The molecule has 0 N–H and O–H groups in total. The highest BCUT2D eigenvalue weighted by atomic mass is 79.9. The van der Waals surface area contributed by atoms with Crippen LogP contribution in [0.1, 0.15) is 12.5 Å². The Labute approximate surface area is 105 Å². The number of carbonyl (C=O) groups is 1. The minimum Gasteiger partial charge on any atom is -0.461 e. The zero-order valence-corrected chi connectivity index (χ0v) is 10.6. The Balaban J connectivity index is 2.46. The van der Waals surface area contributed by atoms with Gasteiger partial charge in [-0.3, -0.25) is 4.79 Å². The van der Waals surface area contributed by atoms with Crippen LogP contribution < -0.4 is 5.63 Å². The average Bonchev–Trinajstić information content (AvgIpc) is 2.26. The van der Waals surface area contributed by atoms with Gasteiger partial charge in [0.25, 0.3) is 0 Å². The fourth-order valence-corrected chi connectivity index (χ4v) is 1.80. The fourth-order valence-electron chi connectivity index (χ4n) is 1.42. The van der Waals surface area contributed by atoms with Gasteiger partial charge in [0.1, 0.15) is 12.2 Å². The third-order valence-electron chi connectivity index (χ3n) is 2.20. The Bertz CT molecular complexity index is 630. The molecule has 1 heterocycles. The van der Waals surface area contributed by atoms with E-state index in [-0.39, 0.29) is 6.61 Å². The molecule has 88 valence electrons. The predicted octanol–water partition coefficient (Wildman–Crippen LogP) is 2.62. The molecule has 1 aromatic heterocycles. The molecule has 1 aromatic carbocycles. The summed E-state index contributed by atoms with van der Waals surface area (Å²) >= 11 is 3.33. The number of halogens is 1. The van der Waals surface area contributed by atoms with Crippen LogP contribution in [0.2, 0.25) is 0 Å². The molecule has 2 aromatic rings. The zero-order chi connectivity index (χ0) is 12.4. The van der Waals surface area contributed by atoms with E-state index in [2.05, 4.69) is 15.9 Å². The molecule has 0 fully saturated rings. The maximum absolute atomic E-state index is 11.6. The molecule has 0 unspecified atom stereocenters. The Morgan fingerprint density at radius 1 is 1.41 bits per heavy atom.